The van der Waals surface area contributed by atoms with Crippen molar-refractivity contribution in [2.24, 2.45) is 11.8 Å². The lowest BCUT2D eigenvalue weighted by molar-refractivity contribution is -0.144. The number of carbonyl (C=O) groups excluding carboxylic acids is 1. The van der Waals surface area contributed by atoms with E-state index in [2.05, 4.69) is 0 Å². The summed E-state index contributed by atoms with van der Waals surface area (Å²) in [5.74, 6) is 2.73. The van der Waals surface area contributed by atoms with Crippen LogP contribution < -0.4 is 23.7 Å². The van der Waals surface area contributed by atoms with E-state index in [0.29, 0.717) is 29.6 Å². The second kappa shape index (κ2) is 7.78. The lowest BCUT2D eigenvalue weighted by Gasteiger charge is -2.41. The molecule has 0 unspecified atom stereocenters. The van der Waals surface area contributed by atoms with Crippen molar-refractivity contribution in [2.45, 2.75) is 18.9 Å². The number of fused-ring (bicyclic) bond motifs is 5. The summed E-state index contributed by atoms with van der Waals surface area (Å²) in [4.78, 5) is 11.7. The highest BCUT2D eigenvalue weighted by Crippen LogP contribution is 2.58. The van der Waals surface area contributed by atoms with E-state index in [4.69, 9.17) is 33.2 Å². The number of rotatable bonds is 6. The maximum Gasteiger partial charge on any atom is 0.302 e. The van der Waals surface area contributed by atoms with Gasteiger partial charge in [0.25, 0.3) is 0 Å². The zero-order valence-corrected chi connectivity index (χ0v) is 18.6. The molecule has 8 nitrogen and oxygen atoms in total. The molecule has 32 heavy (non-hydrogen) atoms. The summed E-state index contributed by atoms with van der Waals surface area (Å²) in [6, 6.07) is 7.84. The Morgan fingerprint density at radius 2 is 1.72 bits per heavy atom. The quantitative estimate of drug-likeness (QED) is 0.632. The first-order valence-electron chi connectivity index (χ1n) is 10.5. The lowest BCUT2D eigenvalue weighted by atomic mass is 9.65. The van der Waals surface area contributed by atoms with Gasteiger partial charge in [0.2, 0.25) is 12.5 Å². The van der Waals surface area contributed by atoms with Gasteiger partial charge in [-0.3, -0.25) is 4.79 Å². The fraction of sp³-hybridized carbons (Fsp3) is 0.458. The van der Waals surface area contributed by atoms with E-state index in [1.54, 1.807) is 21.3 Å². The molecule has 8 heteroatoms. The van der Waals surface area contributed by atoms with Crippen LogP contribution in [0.1, 0.15) is 23.6 Å². The Bertz CT molecular complexity index is 1040. The topological polar surface area (TPSA) is 81.7 Å². The van der Waals surface area contributed by atoms with Crippen LogP contribution in [0.15, 0.2) is 24.3 Å². The Labute approximate surface area is 186 Å². The van der Waals surface area contributed by atoms with Gasteiger partial charge < -0.3 is 33.2 Å². The molecule has 170 valence electrons. The molecule has 2 aromatic carbocycles. The molecular formula is C24H26O8. The monoisotopic (exact) mass is 442 g/mol. The Kier molecular flexibility index (Phi) is 5.04. The van der Waals surface area contributed by atoms with Crippen LogP contribution in [0.5, 0.6) is 28.7 Å². The highest BCUT2D eigenvalue weighted by molar-refractivity contribution is 5.66. The normalized spacial score (nSPS) is 24.6. The van der Waals surface area contributed by atoms with Gasteiger partial charge in [-0.25, -0.2) is 0 Å². The van der Waals surface area contributed by atoms with E-state index < -0.39 is 5.60 Å². The molecule has 2 heterocycles. The van der Waals surface area contributed by atoms with Crippen molar-refractivity contribution < 1.29 is 38.0 Å². The van der Waals surface area contributed by atoms with Crippen LogP contribution in [0.3, 0.4) is 0 Å². The maximum atomic E-state index is 11.7. The molecule has 0 saturated carbocycles. The van der Waals surface area contributed by atoms with E-state index in [9.17, 15) is 4.79 Å². The average Bonchev–Trinajstić information content (AvgIpc) is 3.36. The number of esters is 1. The average molecular weight is 442 g/mol. The van der Waals surface area contributed by atoms with Crippen molar-refractivity contribution in [3.63, 3.8) is 0 Å². The van der Waals surface area contributed by atoms with Gasteiger partial charge in [0.15, 0.2) is 23.0 Å². The predicted octanol–water partition coefficient (Wildman–Crippen LogP) is 3.07. The van der Waals surface area contributed by atoms with Gasteiger partial charge in [-0.2, -0.15) is 0 Å². The van der Waals surface area contributed by atoms with Crippen LogP contribution >= 0.6 is 0 Å². The van der Waals surface area contributed by atoms with Gasteiger partial charge >= 0.3 is 5.97 Å². The van der Waals surface area contributed by atoms with E-state index in [1.807, 2.05) is 24.3 Å². The summed E-state index contributed by atoms with van der Waals surface area (Å²) in [7, 11) is 4.74. The van der Waals surface area contributed by atoms with Crippen molar-refractivity contribution in [3.05, 3.63) is 41.0 Å². The van der Waals surface area contributed by atoms with Gasteiger partial charge in [0.05, 0.1) is 34.5 Å². The molecule has 0 spiro atoms. The Balaban J connectivity index is 1.74. The van der Waals surface area contributed by atoms with Gasteiger partial charge in [0.1, 0.15) is 5.60 Å². The molecular weight excluding hydrogens is 416 g/mol. The Morgan fingerprint density at radius 1 is 1.03 bits per heavy atom. The Morgan fingerprint density at radius 3 is 2.34 bits per heavy atom. The zero-order valence-electron chi connectivity index (χ0n) is 18.6. The first-order valence-corrected chi connectivity index (χ1v) is 10.5. The van der Waals surface area contributed by atoms with Crippen molar-refractivity contribution >= 4 is 5.97 Å². The second-order valence-electron chi connectivity index (χ2n) is 8.20. The van der Waals surface area contributed by atoms with Crippen LogP contribution in [-0.4, -0.2) is 47.3 Å². The van der Waals surface area contributed by atoms with Gasteiger partial charge in [-0.15, -0.1) is 0 Å². The number of benzene rings is 2. The smallest absolute Gasteiger partial charge is 0.302 e. The molecule has 0 amide bonds. The van der Waals surface area contributed by atoms with Crippen molar-refractivity contribution in [2.75, 3.05) is 41.3 Å². The zero-order chi connectivity index (χ0) is 22.5. The molecule has 1 fully saturated rings. The summed E-state index contributed by atoms with van der Waals surface area (Å²) >= 11 is 0. The van der Waals surface area contributed by atoms with Crippen molar-refractivity contribution in [1.82, 2.24) is 0 Å². The van der Waals surface area contributed by atoms with Gasteiger partial charge in [-0.05, 0) is 53.3 Å². The molecule has 0 aromatic heterocycles. The first-order chi connectivity index (χ1) is 15.5. The third kappa shape index (κ3) is 2.97. The fourth-order valence-corrected chi connectivity index (χ4v) is 5.26. The molecule has 3 atom stereocenters. The minimum atomic E-state index is -0.874. The summed E-state index contributed by atoms with van der Waals surface area (Å²) in [5.41, 5.74) is 2.07. The molecule has 1 saturated heterocycles. The van der Waals surface area contributed by atoms with E-state index in [-0.39, 0.29) is 31.2 Å². The molecule has 3 aliphatic rings. The summed E-state index contributed by atoms with van der Waals surface area (Å²) < 4.78 is 40.2. The van der Waals surface area contributed by atoms with E-state index in [1.165, 1.54) is 6.92 Å². The van der Waals surface area contributed by atoms with E-state index in [0.717, 1.165) is 28.9 Å². The van der Waals surface area contributed by atoms with Crippen LogP contribution in [-0.2, 0) is 26.3 Å². The highest BCUT2D eigenvalue weighted by Gasteiger charge is 2.57. The number of methoxy groups -OCH3 is 3. The molecule has 0 N–H and O–H groups in total. The lowest BCUT2D eigenvalue weighted by Crippen LogP contribution is -2.43. The van der Waals surface area contributed by atoms with Crippen LogP contribution in [0.4, 0.5) is 0 Å². The molecule has 0 radical (unpaired) electrons. The van der Waals surface area contributed by atoms with Crippen LogP contribution in [0.2, 0.25) is 0 Å². The SMILES string of the molecule is COc1cc([C@]23OC[C@H](Cc4cc5c(cc42)OCO5)[C@H]3COC(C)=O)cc(OC)c1OC. The number of ether oxygens (including phenoxy) is 7. The minimum Gasteiger partial charge on any atom is -0.493 e. The van der Waals surface area contributed by atoms with Crippen LogP contribution in [0.25, 0.3) is 0 Å². The summed E-state index contributed by atoms with van der Waals surface area (Å²) in [5, 5.41) is 0. The molecule has 2 bridgehead atoms. The fourth-order valence-electron chi connectivity index (χ4n) is 5.26. The second-order valence-corrected chi connectivity index (χ2v) is 8.20. The predicted molar refractivity (Wildman–Crippen MR) is 113 cm³/mol. The molecule has 5 rings (SSSR count). The standard InChI is InChI=1S/C24H26O8/c1-13(25)29-11-18-15-5-14-6-19-20(31-12-30-19)9-17(14)24(18,32-10-15)16-7-21(26-2)23(28-4)22(8-16)27-3/h6-9,15,18H,5,10-12H2,1-4H3/t15-,18+,24-/m0/s1. The number of carbonyl (C=O) groups is 1. The summed E-state index contributed by atoms with van der Waals surface area (Å²) in [6.45, 7) is 2.38. The van der Waals surface area contributed by atoms with Crippen molar-refractivity contribution in [3.8, 4) is 28.7 Å². The van der Waals surface area contributed by atoms with Crippen molar-refractivity contribution in [1.29, 1.82) is 0 Å². The third-order valence-electron chi connectivity index (χ3n) is 6.66. The molecule has 2 aromatic rings. The third-order valence-corrected chi connectivity index (χ3v) is 6.66. The molecule has 1 aliphatic carbocycles. The number of hydrogen-bond donors (Lipinski definition) is 0. The number of hydrogen-bond acceptors (Lipinski definition) is 8. The Hall–Kier alpha value is -3.13. The maximum absolute atomic E-state index is 11.7. The van der Waals surface area contributed by atoms with Gasteiger partial charge in [0, 0.05) is 12.8 Å². The van der Waals surface area contributed by atoms with Gasteiger partial charge in [-0.1, -0.05) is 0 Å². The van der Waals surface area contributed by atoms with E-state index >= 15 is 0 Å². The highest BCUT2D eigenvalue weighted by atomic mass is 16.7. The minimum absolute atomic E-state index is 0.0953. The molecule has 2 aliphatic heterocycles. The van der Waals surface area contributed by atoms with Crippen LogP contribution in [0, 0.1) is 11.8 Å². The first kappa shape index (κ1) is 20.8. The summed E-state index contributed by atoms with van der Waals surface area (Å²) in [6.07, 6.45) is 0.796. The largest absolute Gasteiger partial charge is 0.493 e.